The third-order valence-electron chi connectivity index (χ3n) is 4.11. The number of fused-ring (bicyclic) bond motifs is 1. The van der Waals surface area contributed by atoms with Crippen molar-refractivity contribution in [3.8, 4) is 0 Å². The molecule has 4 nitrogen and oxygen atoms in total. The second-order valence-corrected chi connectivity index (χ2v) is 7.74. The summed E-state index contributed by atoms with van der Waals surface area (Å²) in [4.78, 5) is 25.6. The monoisotopic (exact) mass is 362 g/mol. The molecule has 0 fully saturated rings. The van der Waals surface area contributed by atoms with Crippen molar-refractivity contribution in [1.29, 1.82) is 0 Å². The van der Waals surface area contributed by atoms with Crippen LogP contribution in [0, 0.1) is 5.92 Å². The number of rotatable bonds is 3. The fourth-order valence-corrected chi connectivity index (χ4v) is 4.64. The quantitative estimate of drug-likeness (QED) is 0.828. The first-order valence-corrected chi connectivity index (χ1v) is 9.12. The van der Waals surface area contributed by atoms with Gasteiger partial charge in [-0.1, -0.05) is 24.6 Å². The van der Waals surface area contributed by atoms with Gasteiger partial charge < -0.3 is 10.6 Å². The molecule has 2 amide bonds. The summed E-state index contributed by atoms with van der Waals surface area (Å²) in [5, 5.41) is 6.91. The van der Waals surface area contributed by atoms with Gasteiger partial charge in [-0.25, -0.2) is 0 Å². The first-order chi connectivity index (χ1) is 11.4. The minimum absolute atomic E-state index is 0.168. The van der Waals surface area contributed by atoms with E-state index in [4.69, 9.17) is 11.6 Å². The first kappa shape index (κ1) is 17.0. The summed E-state index contributed by atoms with van der Waals surface area (Å²) in [5.41, 5.74) is 2.31. The number of carbonyl (C=O) groups excluding carboxylic acids is 2. The number of nitrogens with one attached hydrogen (secondary N) is 2. The summed E-state index contributed by atoms with van der Waals surface area (Å²) in [5.74, 6) is 0.233. The lowest BCUT2D eigenvalue weighted by Gasteiger charge is -2.18. The molecule has 0 unspecified atom stereocenters. The van der Waals surface area contributed by atoms with E-state index in [1.54, 1.807) is 24.3 Å². The summed E-state index contributed by atoms with van der Waals surface area (Å²) in [6.45, 7) is 3.67. The van der Waals surface area contributed by atoms with Crippen LogP contribution in [-0.4, -0.2) is 11.8 Å². The van der Waals surface area contributed by atoms with Crippen LogP contribution in [0.2, 0.25) is 5.02 Å². The molecule has 0 aliphatic heterocycles. The Bertz CT molecular complexity index is 800. The highest BCUT2D eigenvalue weighted by molar-refractivity contribution is 7.17. The number of thiophene rings is 1. The SMILES string of the molecule is CC(=O)Nc1sc2c(c1C(=O)Nc1cccc(Cl)c1)CC[C@H](C)C2. The van der Waals surface area contributed by atoms with Crippen molar-refractivity contribution < 1.29 is 9.59 Å². The molecule has 1 aliphatic rings. The van der Waals surface area contributed by atoms with Gasteiger partial charge in [0.1, 0.15) is 5.00 Å². The largest absolute Gasteiger partial charge is 0.322 e. The molecule has 0 saturated heterocycles. The lowest BCUT2D eigenvalue weighted by atomic mass is 9.88. The summed E-state index contributed by atoms with van der Waals surface area (Å²) >= 11 is 7.50. The van der Waals surface area contributed by atoms with Crippen LogP contribution in [0.4, 0.5) is 10.7 Å². The van der Waals surface area contributed by atoms with Crippen molar-refractivity contribution in [2.45, 2.75) is 33.1 Å². The van der Waals surface area contributed by atoms with Gasteiger partial charge in [0.2, 0.25) is 5.91 Å². The van der Waals surface area contributed by atoms with E-state index < -0.39 is 0 Å². The minimum Gasteiger partial charge on any atom is -0.322 e. The van der Waals surface area contributed by atoms with Crippen LogP contribution in [0.3, 0.4) is 0 Å². The van der Waals surface area contributed by atoms with Crippen LogP contribution < -0.4 is 10.6 Å². The van der Waals surface area contributed by atoms with E-state index in [1.807, 2.05) is 0 Å². The molecule has 0 spiro atoms. The summed E-state index contributed by atoms with van der Waals surface area (Å²) in [7, 11) is 0. The number of benzene rings is 1. The van der Waals surface area contributed by atoms with Crippen LogP contribution in [0.1, 0.15) is 41.1 Å². The third-order valence-corrected chi connectivity index (χ3v) is 5.52. The first-order valence-electron chi connectivity index (χ1n) is 7.93. The molecule has 1 aliphatic carbocycles. The molecule has 0 radical (unpaired) electrons. The van der Waals surface area contributed by atoms with Crippen molar-refractivity contribution in [1.82, 2.24) is 0 Å². The normalized spacial score (nSPS) is 16.4. The molecule has 0 bridgehead atoms. The Morgan fingerprint density at radius 2 is 2.08 bits per heavy atom. The van der Waals surface area contributed by atoms with Crippen molar-refractivity contribution >= 4 is 45.4 Å². The molecule has 1 aromatic carbocycles. The van der Waals surface area contributed by atoms with Crippen molar-refractivity contribution in [2.75, 3.05) is 10.6 Å². The lowest BCUT2D eigenvalue weighted by molar-refractivity contribution is -0.114. The van der Waals surface area contributed by atoms with Gasteiger partial charge in [-0.2, -0.15) is 0 Å². The van der Waals surface area contributed by atoms with Crippen molar-refractivity contribution in [3.63, 3.8) is 0 Å². The summed E-state index contributed by atoms with van der Waals surface area (Å²) in [6.07, 6.45) is 2.88. The molecule has 1 atom stereocenters. The molecule has 3 rings (SSSR count). The van der Waals surface area contributed by atoms with Gasteiger partial charge in [0, 0.05) is 22.5 Å². The molecule has 1 aromatic heterocycles. The van der Waals surface area contributed by atoms with Gasteiger partial charge in [-0.15, -0.1) is 11.3 Å². The van der Waals surface area contributed by atoms with Crippen molar-refractivity contribution in [2.24, 2.45) is 5.92 Å². The van der Waals surface area contributed by atoms with Crippen LogP contribution in [-0.2, 0) is 17.6 Å². The zero-order valence-electron chi connectivity index (χ0n) is 13.6. The maximum Gasteiger partial charge on any atom is 0.258 e. The van der Waals surface area contributed by atoms with Gasteiger partial charge in [0.05, 0.1) is 5.56 Å². The highest BCUT2D eigenvalue weighted by Gasteiger charge is 2.28. The number of hydrogen-bond donors (Lipinski definition) is 2. The highest BCUT2D eigenvalue weighted by atomic mass is 35.5. The number of amides is 2. The number of anilines is 2. The Balaban J connectivity index is 1.95. The van der Waals surface area contributed by atoms with Gasteiger partial charge >= 0.3 is 0 Å². The standard InChI is InChI=1S/C18H19ClN2O2S/c1-10-6-7-14-15(8-10)24-18(20-11(2)22)16(14)17(23)21-13-5-3-4-12(19)9-13/h3-5,9-10H,6-8H2,1-2H3,(H,20,22)(H,21,23)/t10-/m0/s1. The minimum atomic E-state index is -0.201. The number of carbonyl (C=O) groups is 2. The second kappa shape index (κ2) is 6.95. The van der Waals surface area contributed by atoms with Crippen LogP contribution in [0.5, 0.6) is 0 Å². The molecule has 0 saturated carbocycles. The number of hydrogen-bond acceptors (Lipinski definition) is 3. The van der Waals surface area contributed by atoms with Gasteiger partial charge in [-0.05, 0) is 48.9 Å². The molecule has 2 N–H and O–H groups in total. The topological polar surface area (TPSA) is 58.2 Å². The Morgan fingerprint density at radius 1 is 1.29 bits per heavy atom. The molecule has 2 aromatic rings. The summed E-state index contributed by atoms with van der Waals surface area (Å²) < 4.78 is 0. The lowest BCUT2D eigenvalue weighted by Crippen LogP contribution is -2.18. The van der Waals surface area contributed by atoms with Gasteiger partial charge in [0.15, 0.2) is 0 Å². The Kier molecular flexibility index (Phi) is 4.92. The Morgan fingerprint density at radius 3 is 2.79 bits per heavy atom. The second-order valence-electron chi connectivity index (χ2n) is 6.20. The van der Waals surface area contributed by atoms with E-state index >= 15 is 0 Å². The van der Waals surface area contributed by atoms with Gasteiger partial charge in [0.25, 0.3) is 5.91 Å². The molecular formula is C18H19ClN2O2S. The summed E-state index contributed by atoms with van der Waals surface area (Å²) in [6, 6.07) is 7.05. The zero-order chi connectivity index (χ0) is 17.3. The number of halogens is 1. The predicted octanol–water partition coefficient (Wildman–Crippen LogP) is 4.74. The average Bonchev–Trinajstić information content (AvgIpc) is 2.83. The van der Waals surface area contributed by atoms with Gasteiger partial charge in [-0.3, -0.25) is 9.59 Å². The fraction of sp³-hybridized carbons (Fsp3) is 0.333. The zero-order valence-corrected chi connectivity index (χ0v) is 15.2. The smallest absolute Gasteiger partial charge is 0.258 e. The highest BCUT2D eigenvalue weighted by Crippen LogP contribution is 2.40. The maximum atomic E-state index is 12.8. The van der Waals surface area contributed by atoms with Crippen LogP contribution >= 0.6 is 22.9 Å². The fourth-order valence-electron chi connectivity index (χ4n) is 3.00. The van der Waals surface area contributed by atoms with Crippen molar-refractivity contribution in [3.05, 3.63) is 45.3 Å². The van der Waals surface area contributed by atoms with E-state index in [0.717, 1.165) is 24.8 Å². The van der Waals surface area contributed by atoms with Crippen LogP contribution in [0.25, 0.3) is 0 Å². The Labute approximate surface area is 150 Å². The van der Waals surface area contributed by atoms with Crippen LogP contribution in [0.15, 0.2) is 24.3 Å². The van der Waals surface area contributed by atoms with E-state index in [1.165, 1.54) is 23.1 Å². The Hall–Kier alpha value is -1.85. The molecular weight excluding hydrogens is 344 g/mol. The van der Waals surface area contributed by atoms with E-state index in [0.29, 0.717) is 27.2 Å². The van der Waals surface area contributed by atoms with E-state index in [2.05, 4.69) is 17.6 Å². The third kappa shape index (κ3) is 3.62. The molecule has 6 heteroatoms. The molecule has 1 heterocycles. The predicted molar refractivity (Wildman–Crippen MR) is 99.2 cm³/mol. The maximum absolute atomic E-state index is 12.8. The van der Waals surface area contributed by atoms with E-state index in [9.17, 15) is 9.59 Å². The molecule has 24 heavy (non-hydrogen) atoms. The molecule has 126 valence electrons. The average molecular weight is 363 g/mol. The van der Waals surface area contributed by atoms with E-state index in [-0.39, 0.29) is 11.8 Å².